The highest BCUT2D eigenvalue weighted by molar-refractivity contribution is 6.08. The van der Waals surface area contributed by atoms with Crippen LogP contribution in [0.1, 0.15) is 168 Å². The van der Waals surface area contributed by atoms with Gasteiger partial charge in [0.25, 0.3) is 0 Å². The summed E-state index contributed by atoms with van der Waals surface area (Å²) in [6.45, 7) is 12.5. The van der Waals surface area contributed by atoms with Crippen LogP contribution in [0, 0.1) is 0 Å². The molecule has 1 spiro atoms. The number of amides is 9. The first kappa shape index (κ1) is 80.0. The van der Waals surface area contributed by atoms with Crippen LogP contribution in [0.5, 0.6) is 17.2 Å². The van der Waals surface area contributed by atoms with E-state index in [4.69, 9.17) is 28.4 Å². The van der Waals surface area contributed by atoms with Crippen molar-refractivity contribution in [1.29, 1.82) is 0 Å². The highest BCUT2D eigenvalue weighted by Crippen LogP contribution is 2.52. The van der Waals surface area contributed by atoms with Crippen molar-refractivity contribution in [1.82, 2.24) is 14.7 Å². The molecule has 3 unspecified atom stereocenters. The lowest BCUT2D eigenvalue weighted by atomic mass is 9.72. The maximum Gasteiger partial charge on any atom is 0.416 e. The van der Waals surface area contributed by atoms with Gasteiger partial charge in [0.05, 0.1) is 35.0 Å². The molecule has 16 rings (SSSR count). The van der Waals surface area contributed by atoms with Crippen molar-refractivity contribution in [3.8, 4) is 17.2 Å². The molecular weight excluding hydrogens is 1500 g/mol. The summed E-state index contributed by atoms with van der Waals surface area (Å²) in [6, 6.07) is 25.5. The van der Waals surface area contributed by atoms with Gasteiger partial charge < -0.3 is 75.0 Å². The van der Waals surface area contributed by atoms with Crippen LogP contribution < -0.4 is 46.1 Å². The second kappa shape index (κ2) is 32.4. The number of halogens is 9. The SMILES string of the molecule is CC1(C)C/C(=C\C(=O)Nc2ccc3c(c2)NC(=O)N(CC2CCCO2)C3)c2ccc(C(F)(F)F)cc2O1.CCC1(CC)C/C(=C\C(=O)Nc2ccc3c(c2)NC(=O)N(CC2CCCO2)C3)c2ccc(C(F)(F)F)cc2O1.O=C(/C=C1\CC2(CCC2)Oc2cc(C(F)(F)F)ccc21)Nc1ccc2c(c1)NC(=O)N(CC1CCCO1)C2. The van der Waals surface area contributed by atoms with Gasteiger partial charge in [0.2, 0.25) is 17.7 Å². The number of carbonyl (C=O) groups is 6. The first-order valence-electron chi connectivity index (χ1n) is 38.4. The zero-order valence-corrected chi connectivity index (χ0v) is 63.3. The maximum atomic E-state index is 13.4. The molecule has 10 aliphatic rings. The number of hydrogen-bond donors (Lipinski definition) is 6. The van der Waals surface area contributed by atoms with Gasteiger partial charge in [0.15, 0.2) is 0 Å². The van der Waals surface area contributed by atoms with E-state index in [0.717, 1.165) is 131 Å². The molecular formula is C84H88F9N9O12. The summed E-state index contributed by atoms with van der Waals surface area (Å²) in [6.07, 6.45) is 1.52. The molecule has 0 bridgehead atoms. The molecule has 6 aromatic rings. The van der Waals surface area contributed by atoms with Gasteiger partial charge in [-0.15, -0.1) is 0 Å². The molecule has 604 valence electrons. The maximum absolute atomic E-state index is 13.4. The van der Waals surface area contributed by atoms with Gasteiger partial charge in [-0.25, -0.2) is 14.4 Å². The number of alkyl halides is 9. The molecule has 0 aromatic heterocycles. The number of rotatable bonds is 14. The summed E-state index contributed by atoms with van der Waals surface area (Å²) in [5.41, 5.74) is 5.01. The lowest BCUT2D eigenvalue weighted by Gasteiger charge is -2.46. The largest absolute Gasteiger partial charge is 0.487 e. The second-order valence-corrected chi connectivity index (χ2v) is 31.1. The lowest BCUT2D eigenvalue weighted by Crippen LogP contribution is -2.45. The lowest BCUT2D eigenvalue weighted by molar-refractivity contribution is -0.138. The third kappa shape index (κ3) is 18.6. The molecule has 3 saturated heterocycles. The molecule has 9 amide bonds. The van der Waals surface area contributed by atoms with E-state index in [1.807, 2.05) is 32.0 Å². The Morgan fingerprint density at radius 1 is 0.447 bits per heavy atom. The van der Waals surface area contributed by atoms with Crippen molar-refractivity contribution in [2.24, 2.45) is 0 Å². The van der Waals surface area contributed by atoms with Crippen LogP contribution in [0.4, 0.5) is 88.0 Å². The third-order valence-corrected chi connectivity index (χ3v) is 22.3. The normalized spacial score (nSPS) is 21.9. The van der Waals surface area contributed by atoms with Crippen molar-refractivity contribution >= 4 is 86.7 Å². The zero-order valence-electron chi connectivity index (χ0n) is 63.3. The van der Waals surface area contributed by atoms with Crippen molar-refractivity contribution in [3.05, 3.63) is 177 Å². The minimum absolute atomic E-state index is 0.0541. The smallest absolute Gasteiger partial charge is 0.416 e. The fraction of sp³-hybridized carbons (Fsp3) is 0.429. The first-order chi connectivity index (χ1) is 54.2. The van der Waals surface area contributed by atoms with E-state index in [2.05, 4.69) is 31.9 Å². The molecule has 3 atom stereocenters. The van der Waals surface area contributed by atoms with Gasteiger partial charge in [0, 0.05) is 147 Å². The third-order valence-electron chi connectivity index (χ3n) is 22.3. The fourth-order valence-electron chi connectivity index (χ4n) is 16.0. The summed E-state index contributed by atoms with van der Waals surface area (Å²) in [5.74, 6) is -0.864. The molecule has 9 heterocycles. The van der Waals surface area contributed by atoms with E-state index in [9.17, 15) is 68.3 Å². The second-order valence-electron chi connectivity index (χ2n) is 31.1. The number of urea groups is 3. The number of hydrogen-bond acceptors (Lipinski definition) is 12. The van der Waals surface area contributed by atoms with Gasteiger partial charge in [-0.3, -0.25) is 14.4 Å². The van der Waals surface area contributed by atoms with Gasteiger partial charge in [0.1, 0.15) is 34.1 Å². The summed E-state index contributed by atoms with van der Waals surface area (Å²) in [4.78, 5) is 82.0. The van der Waals surface area contributed by atoms with Gasteiger partial charge in [-0.05, 0) is 191 Å². The highest BCUT2D eigenvalue weighted by Gasteiger charge is 2.46. The van der Waals surface area contributed by atoms with Gasteiger partial charge >= 0.3 is 36.6 Å². The number of nitrogens with zero attached hydrogens (tertiary/aromatic N) is 3. The van der Waals surface area contributed by atoms with E-state index in [0.29, 0.717) is 139 Å². The van der Waals surface area contributed by atoms with Crippen molar-refractivity contribution < 1.29 is 96.7 Å². The molecule has 6 aromatic carbocycles. The molecule has 1 aliphatic carbocycles. The number of anilines is 6. The predicted molar refractivity (Wildman–Crippen MR) is 408 cm³/mol. The Morgan fingerprint density at radius 3 is 1.11 bits per heavy atom. The standard InChI is InChI=1S/C29H32F3N3O4.C28H28F3N3O4.C27H28F3N3O4/c1-3-28(4-2)15-19(23-10-8-20(29(30,31)32)13-25(23)39-28)12-26(36)33-21-9-7-18-16-35(17-22-6-5-11-38-22)27(37)34-24(18)14-21;29-28(30,31)19-5-7-22-18(14-27(8-2-9-27)38-24(22)12-19)11-25(35)32-20-6-4-17-15-34(16-21-3-1-10-37-21)26(36)33-23(17)13-20;1-26(2)13-17(21-8-6-18(27(28,29)30)11-23(21)37-26)10-24(34)31-19-7-5-16-14-33(15-20-4-3-9-36-20)25(35)32-22(16)12-19/h7-10,12-14,22H,3-6,11,15-17H2,1-2H3,(H,33,36)(H,34,37);4-7,11-13,21H,1-3,8-10,14-16H2,(H,32,35)(H,33,36);5-8,10-12,20H,3-4,9,13-15H2,1-2H3,(H,31,34)(H,32,35)/b19-12+;18-11+;17-10+. The van der Waals surface area contributed by atoms with Crippen LogP contribution in [0.3, 0.4) is 0 Å². The van der Waals surface area contributed by atoms with Crippen LogP contribution in [0.15, 0.2) is 127 Å². The fourth-order valence-corrected chi connectivity index (χ4v) is 16.0. The van der Waals surface area contributed by atoms with Gasteiger partial charge in [-0.1, -0.05) is 50.2 Å². The Balaban J connectivity index is 0.000000142. The molecule has 30 heteroatoms. The number of nitrogens with one attached hydrogen (secondary N) is 6. The molecule has 6 N–H and O–H groups in total. The van der Waals surface area contributed by atoms with Crippen molar-refractivity contribution in [3.63, 3.8) is 0 Å². The van der Waals surface area contributed by atoms with Crippen molar-refractivity contribution in [2.75, 3.05) is 71.4 Å². The monoisotopic (exact) mass is 1590 g/mol. The van der Waals surface area contributed by atoms with E-state index in [1.54, 1.807) is 64.9 Å². The number of fused-ring (bicyclic) bond motifs is 6. The van der Waals surface area contributed by atoms with Crippen LogP contribution >= 0.6 is 0 Å². The molecule has 4 fully saturated rings. The molecule has 0 radical (unpaired) electrons. The predicted octanol–water partition coefficient (Wildman–Crippen LogP) is 18.4. The minimum atomic E-state index is -4.50. The van der Waals surface area contributed by atoms with Crippen LogP contribution in [0.25, 0.3) is 16.7 Å². The summed E-state index contributed by atoms with van der Waals surface area (Å²) >= 11 is 0. The highest BCUT2D eigenvalue weighted by atomic mass is 19.4. The summed E-state index contributed by atoms with van der Waals surface area (Å²) in [5, 5.41) is 17.1. The average Bonchev–Trinajstić information content (AvgIpc) is 0.762. The van der Waals surface area contributed by atoms with E-state index in [-0.39, 0.29) is 53.7 Å². The molecule has 21 nitrogen and oxygen atoms in total. The van der Waals surface area contributed by atoms with Crippen LogP contribution in [0.2, 0.25) is 0 Å². The minimum Gasteiger partial charge on any atom is -0.487 e. The van der Waals surface area contributed by atoms with E-state index in [1.165, 1.54) is 36.4 Å². The number of carbonyl (C=O) groups excluding carboxylic acids is 6. The average molecular weight is 1590 g/mol. The topological polar surface area (TPSA) is 240 Å². The number of ether oxygens (including phenoxy) is 6. The van der Waals surface area contributed by atoms with E-state index >= 15 is 0 Å². The summed E-state index contributed by atoms with van der Waals surface area (Å²) in [7, 11) is 0. The Hall–Kier alpha value is -10.6. The Morgan fingerprint density at radius 2 is 0.789 bits per heavy atom. The number of benzene rings is 6. The Bertz CT molecular complexity index is 4820. The van der Waals surface area contributed by atoms with Gasteiger partial charge in [-0.2, -0.15) is 39.5 Å². The Labute approximate surface area is 652 Å². The van der Waals surface area contributed by atoms with Crippen molar-refractivity contribution in [2.45, 2.75) is 191 Å². The molecule has 9 aliphatic heterocycles. The molecule has 1 saturated carbocycles. The Kier molecular flexibility index (Phi) is 22.7. The van der Waals surface area contributed by atoms with E-state index < -0.39 is 69.7 Å². The van der Waals surface area contributed by atoms with Crippen LogP contribution in [-0.2, 0) is 66.8 Å². The zero-order chi connectivity index (χ0) is 80.7. The molecule has 114 heavy (non-hydrogen) atoms. The quantitative estimate of drug-likeness (QED) is 0.0441. The first-order valence-corrected chi connectivity index (χ1v) is 38.4. The summed E-state index contributed by atoms with van der Waals surface area (Å²) < 4.78 is 154. The van der Waals surface area contributed by atoms with Crippen LogP contribution in [-0.4, -0.2) is 125 Å².